The smallest absolute Gasteiger partial charge is 0.107 e. The average Bonchev–Trinajstić information content (AvgIpc) is 2.73. The third-order valence-electron chi connectivity index (χ3n) is 2.17. The van der Waals surface area contributed by atoms with Gasteiger partial charge in [0, 0.05) is 30.7 Å². The van der Waals surface area contributed by atoms with E-state index in [9.17, 15) is 0 Å². The van der Waals surface area contributed by atoms with Crippen molar-refractivity contribution in [2.24, 2.45) is 7.05 Å². The van der Waals surface area contributed by atoms with Crippen LogP contribution in [0.2, 0.25) is 0 Å². The molecule has 2 heterocycles. The van der Waals surface area contributed by atoms with Crippen LogP contribution in [0.3, 0.4) is 0 Å². The van der Waals surface area contributed by atoms with E-state index in [-0.39, 0.29) is 12.4 Å². The third-order valence-corrected chi connectivity index (χ3v) is 3.02. The topological polar surface area (TPSA) is 42.7 Å². The lowest BCUT2D eigenvalue weighted by Crippen LogP contribution is -2.04. The molecule has 0 aromatic carbocycles. The van der Waals surface area contributed by atoms with E-state index >= 15 is 0 Å². The first kappa shape index (κ1) is 13.2. The normalized spacial score (nSPS) is 10.2. The van der Waals surface area contributed by atoms with Crippen LogP contribution in [-0.4, -0.2) is 21.8 Å². The summed E-state index contributed by atoms with van der Waals surface area (Å²) in [4.78, 5) is 4.55. The molecule has 2 aromatic heterocycles. The van der Waals surface area contributed by atoms with E-state index in [2.05, 4.69) is 20.8 Å². The zero-order valence-corrected chi connectivity index (χ0v) is 11.2. The molecular formula is C10H15ClN4S. The molecule has 0 amide bonds. The van der Waals surface area contributed by atoms with Crippen LogP contribution in [0.25, 0.3) is 11.3 Å². The van der Waals surface area contributed by atoms with Gasteiger partial charge in [0.1, 0.15) is 5.01 Å². The zero-order chi connectivity index (χ0) is 10.8. The molecule has 0 radical (unpaired) electrons. The molecular weight excluding hydrogens is 244 g/mol. The first-order chi connectivity index (χ1) is 7.20. The molecule has 0 bridgehead atoms. The third kappa shape index (κ3) is 2.61. The quantitative estimate of drug-likeness (QED) is 0.916. The summed E-state index contributed by atoms with van der Waals surface area (Å²) >= 11 is 1.68. The number of hydrogen-bond acceptors (Lipinski definition) is 4. The Bertz CT molecular complexity index is 463. The molecule has 0 saturated carbocycles. The molecule has 2 aromatic rings. The van der Waals surface area contributed by atoms with Crippen molar-refractivity contribution in [2.45, 2.75) is 13.5 Å². The van der Waals surface area contributed by atoms with Crippen LogP contribution in [0, 0.1) is 6.92 Å². The Kier molecular flexibility index (Phi) is 4.46. The number of halogens is 1. The van der Waals surface area contributed by atoms with Gasteiger partial charge < -0.3 is 5.32 Å². The molecule has 1 N–H and O–H groups in total. The summed E-state index contributed by atoms with van der Waals surface area (Å²) in [6.45, 7) is 2.83. The van der Waals surface area contributed by atoms with Crippen LogP contribution in [-0.2, 0) is 13.6 Å². The van der Waals surface area contributed by atoms with Gasteiger partial charge in [-0.3, -0.25) is 4.68 Å². The van der Waals surface area contributed by atoms with Gasteiger partial charge in [-0.25, -0.2) is 4.98 Å². The summed E-state index contributed by atoms with van der Waals surface area (Å²) in [6.07, 6.45) is 2.01. The number of hydrogen-bond donors (Lipinski definition) is 1. The molecule has 2 rings (SSSR count). The maximum Gasteiger partial charge on any atom is 0.107 e. The lowest BCUT2D eigenvalue weighted by atomic mass is 10.2. The number of rotatable bonds is 3. The first-order valence-corrected chi connectivity index (χ1v) is 5.68. The SMILES string of the molecule is CNCc1nc(-c2cn(C)nc2C)cs1.Cl. The Labute approximate surface area is 105 Å². The number of thiazole rings is 1. The second kappa shape index (κ2) is 5.43. The number of nitrogens with one attached hydrogen (secondary N) is 1. The van der Waals surface area contributed by atoms with E-state index in [0.29, 0.717) is 0 Å². The van der Waals surface area contributed by atoms with Crippen LogP contribution in [0.5, 0.6) is 0 Å². The fourth-order valence-electron chi connectivity index (χ4n) is 1.52. The molecule has 0 atom stereocenters. The van der Waals surface area contributed by atoms with Crippen LogP contribution < -0.4 is 5.32 Å². The lowest BCUT2D eigenvalue weighted by Gasteiger charge is -1.92. The van der Waals surface area contributed by atoms with Gasteiger partial charge in [0.15, 0.2) is 0 Å². The van der Waals surface area contributed by atoms with Crippen LogP contribution in [0.15, 0.2) is 11.6 Å². The molecule has 4 nitrogen and oxygen atoms in total. The van der Waals surface area contributed by atoms with E-state index in [1.54, 1.807) is 11.3 Å². The van der Waals surface area contributed by atoms with Gasteiger partial charge in [0.05, 0.1) is 11.4 Å². The van der Waals surface area contributed by atoms with Gasteiger partial charge in [0.25, 0.3) is 0 Å². The van der Waals surface area contributed by atoms with Crippen molar-refractivity contribution in [3.63, 3.8) is 0 Å². The highest BCUT2D eigenvalue weighted by atomic mass is 35.5. The summed E-state index contributed by atoms with van der Waals surface area (Å²) in [5, 5.41) is 10.6. The van der Waals surface area contributed by atoms with E-state index in [4.69, 9.17) is 0 Å². The number of nitrogens with zero attached hydrogens (tertiary/aromatic N) is 3. The van der Waals surface area contributed by atoms with Crippen molar-refractivity contribution in [1.82, 2.24) is 20.1 Å². The van der Waals surface area contributed by atoms with Gasteiger partial charge in [-0.2, -0.15) is 5.10 Å². The minimum Gasteiger partial charge on any atom is -0.314 e. The molecule has 0 saturated heterocycles. The van der Waals surface area contributed by atoms with E-state index < -0.39 is 0 Å². The Morgan fingerprint density at radius 2 is 2.25 bits per heavy atom. The summed E-state index contributed by atoms with van der Waals surface area (Å²) in [6, 6.07) is 0. The van der Waals surface area contributed by atoms with Crippen LogP contribution in [0.4, 0.5) is 0 Å². The highest BCUT2D eigenvalue weighted by Gasteiger charge is 2.09. The monoisotopic (exact) mass is 258 g/mol. The minimum absolute atomic E-state index is 0. The largest absolute Gasteiger partial charge is 0.314 e. The van der Waals surface area contributed by atoms with Gasteiger partial charge >= 0.3 is 0 Å². The van der Waals surface area contributed by atoms with Gasteiger partial charge in [-0.15, -0.1) is 23.7 Å². The summed E-state index contributed by atoms with van der Waals surface area (Å²) < 4.78 is 1.82. The minimum atomic E-state index is 0. The maximum atomic E-state index is 4.55. The predicted molar refractivity (Wildman–Crippen MR) is 69.1 cm³/mol. The number of aryl methyl sites for hydroxylation is 2. The van der Waals surface area contributed by atoms with Crippen molar-refractivity contribution in [3.05, 3.63) is 22.3 Å². The second-order valence-corrected chi connectivity index (χ2v) is 4.40. The van der Waals surface area contributed by atoms with Crippen LogP contribution in [0.1, 0.15) is 10.7 Å². The van der Waals surface area contributed by atoms with Gasteiger partial charge in [-0.1, -0.05) is 0 Å². The Balaban J connectivity index is 0.00000128. The zero-order valence-electron chi connectivity index (χ0n) is 9.52. The fourth-order valence-corrected chi connectivity index (χ4v) is 2.32. The molecule has 16 heavy (non-hydrogen) atoms. The summed E-state index contributed by atoms with van der Waals surface area (Å²) in [7, 11) is 3.85. The van der Waals surface area contributed by atoms with Crippen LogP contribution >= 0.6 is 23.7 Å². The first-order valence-electron chi connectivity index (χ1n) is 4.80. The van der Waals surface area contributed by atoms with E-state index in [1.165, 1.54) is 0 Å². The highest BCUT2D eigenvalue weighted by molar-refractivity contribution is 7.09. The Morgan fingerprint density at radius 3 is 2.81 bits per heavy atom. The molecule has 0 aliphatic heterocycles. The van der Waals surface area contributed by atoms with Crippen molar-refractivity contribution in [1.29, 1.82) is 0 Å². The number of aromatic nitrogens is 3. The summed E-state index contributed by atoms with van der Waals surface area (Å²) in [5.74, 6) is 0. The predicted octanol–water partition coefficient (Wildman–Crippen LogP) is 1.99. The van der Waals surface area contributed by atoms with Gasteiger partial charge in [0.2, 0.25) is 0 Å². The van der Waals surface area contributed by atoms with E-state index in [1.807, 2.05) is 31.9 Å². The van der Waals surface area contributed by atoms with E-state index in [0.717, 1.165) is 28.5 Å². The second-order valence-electron chi connectivity index (χ2n) is 3.46. The Morgan fingerprint density at radius 1 is 1.50 bits per heavy atom. The summed E-state index contributed by atoms with van der Waals surface area (Å²) in [5.41, 5.74) is 3.17. The van der Waals surface area contributed by atoms with Crippen molar-refractivity contribution in [2.75, 3.05) is 7.05 Å². The molecule has 0 unspecified atom stereocenters. The van der Waals surface area contributed by atoms with Crippen molar-refractivity contribution in [3.8, 4) is 11.3 Å². The van der Waals surface area contributed by atoms with Gasteiger partial charge in [-0.05, 0) is 14.0 Å². The molecule has 0 spiro atoms. The standard InChI is InChI=1S/C10H14N4S.ClH/c1-7-8(5-14(3)13-7)9-6-15-10(12-9)4-11-2;/h5-6,11H,4H2,1-3H3;1H. The lowest BCUT2D eigenvalue weighted by molar-refractivity contribution is 0.756. The molecule has 88 valence electrons. The fraction of sp³-hybridized carbons (Fsp3) is 0.400. The highest BCUT2D eigenvalue weighted by Crippen LogP contribution is 2.23. The Hall–Kier alpha value is -0.910. The maximum absolute atomic E-state index is 4.55. The molecule has 0 aliphatic carbocycles. The average molecular weight is 259 g/mol. The molecule has 0 aliphatic rings. The van der Waals surface area contributed by atoms with Crippen molar-refractivity contribution >= 4 is 23.7 Å². The molecule has 6 heteroatoms. The van der Waals surface area contributed by atoms with Crippen molar-refractivity contribution < 1.29 is 0 Å². The molecule has 0 fully saturated rings.